The molecule has 0 bridgehead atoms. The van der Waals surface area contributed by atoms with Gasteiger partial charge >= 0.3 is 0 Å². The van der Waals surface area contributed by atoms with E-state index in [-0.39, 0.29) is 6.61 Å². The highest BCUT2D eigenvalue weighted by Crippen LogP contribution is 2.04. The lowest BCUT2D eigenvalue weighted by Crippen LogP contribution is -1.72. The molecule has 23 heavy (non-hydrogen) atoms. The van der Waals surface area contributed by atoms with E-state index in [2.05, 4.69) is 11.3 Å². The van der Waals surface area contributed by atoms with Gasteiger partial charge in [-0.05, 0) is 42.2 Å². The summed E-state index contributed by atoms with van der Waals surface area (Å²) in [7, 11) is 0. The molecule has 0 amide bonds. The molecule has 5 heteroatoms. The van der Waals surface area contributed by atoms with Crippen LogP contribution in [-0.2, 0) is 19.4 Å². The van der Waals surface area contributed by atoms with E-state index in [9.17, 15) is 4.79 Å². The van der Waals surface area contributed by atoms with Crippen LogP contribution in [0.1, 0.15) is 41.1 Å². The van der Waals surface area contributed by atoms with E-state index in [1.807, 2.05) is 13.0 Å². The maximum Gasteiger partial charge on any atom is 0.185 e. The lowest BCUT2D eigenvalue weighted by Gasteiger charge is -1.77. The molecule has 0 radical (unpaired) electrons. The molecule has 0 aromatic carbocycles. The summed E-state index contributed by atoms with van der Waals surface area (Å²) in [6.45, 7) is 4.18. The zero-order valence-corrected chi connectivity index (χ0v) is 13.4. The number of hydrogen-bond acceptors (Lipinski definition) is 5. The number of furan rings is 3. The molecule has 3 aromatic rings. The molecule has 0 aliphatic rings. The van der Waals surface area contributed by atoms with Crippen molar-refractivity contribution >= 4 is 6.29 Å². The van der Waals surface area contributed by atoms with Gasteiger partial charge in [-0.1, -0.05) is 13.8 Å². The Morgan fingerprint density at radius 1 is 0.957 bits per heavy atom. The van der Waals surface area contributed by atoms with E-state index in [0.717, 1.165) is 24.0 Å². The predicted octanol–water partition coefficient (Wildman–Crippen LogP) is 4.27. The maximum atomic E-state index is 10.0. The average Bonchev–Trinajstić information content (AvgIpc) is 3.38. The van der Waals surface area contributed by atoms with Gasteiger partial charge in [0.25, 0.3) is 0 Å². The smallest absolute Gasteiger partial charge is 0.185 e. The van der Waals surface area contributed by atoms with Crippen LogP contribution in [0.25, 0.3) is 0 Å². The van der Waals surface area contributed by atoms with Gasteiger partial charge in [0.2, 0.25) is 0 Å². The summed E-state index contributed by atoms with van der Waals surface area (Å²) in [5, 5.41) is 8.37. The summed E-state index contributed by atoms with van der Waals surface area (Å²) in [5.41, 5.74) is 3.15. The molecule has 5 nitrogen and oxygen atoms in total. The van der Waals surface area contributed by atoms with Crippen LogP contribution in [0.15, 0.2) is 62.8 Å². The van der Waals surface area contributed by atoms with Gasteiger partial charge in [0.05, 0.1) is 37.9 Å². The summed E-state index contributed by atoms with van der Waals surface area (Å²) in [4.78, 5) is 10.0. The van der Waals surface area contributed by atoms with Gasteiger partial charge in [0, 0.05) is 5.56 Å². The molecule has 0 unspecified atom stereocenters. The molecular weight excluding hydrogens is 296 g/mol. The summed E-state index contributed by atoms with van der Waals surface area (Å²) in [5.74, 6) is 0.409. The van der Waals surface area contributed by atoms with Gasteiger partial charge < -0.3 is 18.4 Å². The first-order valence-corrected chi connectivity index (χ1v) is 7.39. The van der Waals surface area contributed by atoms with Crippen molar-refractivity contribution in [3.8, 4) is 0 Å². The zero-order valence-electron chi connectivity index (χ0n) is 13.4. The van der Waals surface area contributed by atoms with Crippen molar-refractivity contribution in [2.24, 2.45) is 0 Å². The first kappa shape index (κ1) is 18.5. The van der Waals surface area contributed by atoms with E-state index < -0.39 is 0 Å². The van der Waals surface area contributed by atoms with Crippen molar-refractivity contribution in [3.63, 3.8) is 0 Å². The van der Waals surface area contributed by atoms with Gasteiger partial charge in [-0.2, -0.15) is 0 Å². The van der Waals surface area contributed by atoms with Gasteiger partial charge in [0.15, 0.2) is 12.0 Å². The Balaban J connectivity index is 0.000000175. The predicted molar refractivity (Wildman–Crippen MR) is 86.2 cm³/mol. The Morgan fingerprint density at radius 2 is 1.57 bits per heavy atom. The zero-order chi connectivity index (χ0) is 16.9. The van der Waals surface area contributed by atoms with Crippen LogP contribution in [0, 0.1) is 0 Å². The van der Waals surface area contributed by atoms with Crippen LogP contribution < -0.4 is 0 Å². The Morgan fingerprint density at radius 3 is 1.83 bits per heavy atom. The standard InChI is InChI=1S/C7H8O2.C6H8O.C5H6O2/c1-2-6-3-7(4-8)9-5-6;1-2-6-3-4-7-5-6;6-3-5-1-2-7-4-5/h3-5H,2H2,1H3;3-5H,2H2,1H3;1-2,4,6H,3H2. The maximum absolute atomic E-state index is 10.0. The summed E-state index contributed by atoms with van der Waals surface area (Å²) in [6.07, 6.45) is 10.8. The Kier molecular flexibility index (Phi) is 8.93. The van der Waals surface area contributed by atoms with Crippen molar-refractivity contribution in [2.75, 3.05) is 0 Å². The molecule has 1 N–H and O–H groups in total. The van der Waals surface area contributed by atoms with Crippen molar-refractivity contribution in [3.05, 3.63) is 72.0 Å². The summed E-state index contributed by atoms with van der Waals surface area (Å²) < 4.78 is 14.3. The third kappa shape index (κ3) is 7.33. The second kappa shape index (κ2) is 11.1. The molecule has 3 aromatic heterocycles. The first-order valence-electron chi connectivity index (χ1n) is 7.39. The Hall–Kier alpha value is -2.53. The van der Waals surface area contributed by atoms with Crippen LogP contribution in [0.4, 0.5) is 0 Å². The molecule has 124 valence electrons. The molecule has 0 spiro atoms. The number of aryl methyl sites for hydroxylation is 2. The quantitative estimate of drug-likeness (QED) is 0.727. The minimum atomic E-state index is 0.0660. The fourth-order valence-electron chi connectivity index (χ4n) is 1.52. The van der Waals surface area contributed by atoms with Crippen molar-refractivity contribution in [1.29, 1.82) is 0 Å². The highest BCUT2D eigenvalue weighted by molar-refractivity contribution is 5.70. The minimum Gasteiger partial charge on any atom is -0.472 e. The molecule has 0 fully saturated rings. The van der Waals surface area contributed by atoms with Crippen LogP contribution in [0.2, 0.25) is 0 Å². The minimum absolute atomic E-state index is 0.0660. The normalized spacial score (nSPS) is 9.35. The van der Waals surface area contributed by atoms with Crippen LogP contribution in [0.5, 0.6) is 0 Å². The summed E-state index contributed by atoms with van der Waals surface area (Å²) in [6, 6.07) is 5.44. The van der Waals surface area contributed by atoms with E-state index in [4.69, 9.17) is 13.9 Å². The van der Waals surface area contributed by atoms with Gasteiger partial charge in [0.1, 0.15) is 0 Å². The lowest BCUT2D eigenvalue weighted by molar-refractivity contribution is 0.110. The third-order valence-corrected chi connectivity index (χ3v) is 2.95. The highest BCUT2D eigenvalue weighted by atomic mass is 16.3. The first-order chi connectivity index (χ1) is 11.2. The second-order valence-corrected chi connectivity index (χ2v) is 4.60. The molecule has 0 atom stereocenters. The van der Waals surface area contributed by atoms with Crippen LogP contribution in [0.3, 0.4) is 0 Å². The Labute approximate surface area is 135 Å². The number of aliphatic hydroxyl groups excluding tert-OH is 1. The molecule has 3 heterocycles. The van der Waals surface area contributed by atoms with Gasteiger partial charge in [-0.25, -0.2) is 0 Å². The highest BCUT2D eigenvalue weighted by Gasteiger charge is 1.95. The summed E-state index contributed by atoms with van der Waals surface area (Å²) >= 11 is 0. The van der Waals surface area contributed by atoms with Crippen LogP contribution >= 0.6 is 0 Å². The number of carbonyl (C=O) groups excluding carboxylic acids is 1. The van der Waals surface area contributed by atoms with Crippen molar-refractivity contribution < 1.29 is 23.2 Å². The second-order valence-electron chi connectivity index (χ2n) is 4.60. The SMILES string of the molecule is CCc1ccoc1.CCc1coc(C=O)c1.OCc1ccoc1. The average molecular weight is 318 g/mol. The van der Waals surface area contributed by atoms with E-state index in [1.54, 1.807) is 30.9 Å². The molecule has 0 aliphatic heterocycles. The number of aldehydes is 1. The molecule has 0 saturated heterocycles. The van der Waals surface area contributed by atoms with Gasteiger partial charge in [-0.15, -0.1) is 0 Å². The van der Waals surface area contributed by atoms with E-state index >= 15 is 0 Å². The topological polar surface area (TPSA) is 76.7 Å². The molecule has 0 aliphatic carbocycles. The monoisotopic (exact) mass is 318 g/mol. The van der Waals surface area contributed by atoms with Crippen LogP contribution in [-0.4, -0.2) is 11.4 Å². The molecule has 0 saturated carbocycles. The molecule has 3 rings (SSSR count). The van der Waals surface area contributed by atoms with Crippen molar-refractivity contribution in [2.45, 2.75) is 33.3 Å². The van der Waals surface area contributed by atoms with E-state index in [1.165, 1.54) is 18.1 Å². The van der Waals surface area contributed by atoms with Crippen molar-refractivity contribution in [1.82, 2.24) is 0 Å². The lowest BCUT2D eigenvalue weighted by atomic mass is 10.2. The number of carbonyl (C=O) groups is 1. The fraction of sp³-hybridized carbons (Fsp3) is 0.278. The van der Waals surface area contributed by atoms with E-state index in [0.29, 0.717) is 12.0 Å². The van der Waals surface area contributed by atoms with Gasteiger partial charge in [-0.3, -0.25) is 4.79 Å². The number of aliphatic hydroxyl groups is 1. The number of hydrogen-bond donors (Lipinski definition) is 1. The number of rotatable bonds is 4. The fourth-order valence-corrected chi connectivity index (χ4v) is 1.52. The third-order valence-electron chi connectivity index (χ3n) is 2.95. The molecular formula is C18H22O5. The Bertz CT molecular complexity index is 586. The largest absolute Gasteiger partial charge is 0.472 e.